The maximum Gasteiger partial charge on any atom is 0.358 e. The van der Waals surface area contributed by atoms with Crippen LogP contribution in [0.1, 0.15) is 37.7 Å². The zero-order chi connectivity index (χ0) is 18.0. The quantitative estimate of drug-likeness (QED) is 0.426. The molecule has 0 bridgehead atoms. The lowest BCUT2D eigenvalue weighted by Gasteiger charge is -2.08. The molecule has 3 aromatic rings. The van der Waals surface area contributed by atoms with Gasteiger partial charge in [-0.15, -0.1) is 0 Å². The second-order valence-corrected chi connectivity index (χ2v) is 7.83. The summed E-state index contributed by atoms with van der Waals surface area (Å²) in [5, 5.41) is 4.31. The summed E-state index contributed by atoms with van der Waals surface area (Å²) < 4.78 is 7.86. The monoisotopic (exact) mass is 470 g/mol. The van der Waals surface area contributed by atoms with Gasteiger partial charge in [-0.25, -0.2) is 14.8 Å². The summed E-state index contributed by atoms with van der Waals surface area (Å²) in [5.74, 6) is -0.402. The second-order valence-electron chi connectivity index (χ2n) is 5.64. The SMILES string of the molecule is CCOC(=O)c1cn2cc(-c3cnc(N[C@H](C)CC)s3)cc(I)c2n1. The molecule has 0 aliphatic rings. The van der Waals surface area contributed by atoms with E-state index in [4.69, 9.17) is 4.74 Å². The summed E-state index contributed by atoms with van der Waals surface area (Å²) in [4.78, 5) is 21.8. The number of halogens is 1. The number of rotatable bonds is 6. The Kier molecular flexibility index (Phi) is 5.57. The van der Waals surface area contributed by atoms with Gasteiger partial charge in [0.2, 0.25) is 0 Å². The molecule has 3 rings (SSSR count). The first-order valence-corrected chi connectivity index (χ1v) is 9.99. The summed E-state index contributed by atoms with van der Waals surface area (Å²) in [6.45, 7) is 6.40. The fourth-order valence-electron chi connectivity index (χ4n) is 2.28. The number of carbonyl (C=O) groups is 1. The van der Waals surface area contributed by atoms with Crippen molar-refractivity contribution in [2.75, 3.05) is 11.9 Å². The average molecular weight is 470 g/mol. The van der Waals surface area contributed by atoms with Crippen molar-refractivity contribution < 1.29 is 9.53 Å². The molecule has 8 heteroatoms. The molecule has 0 aromatic carbocycles. The Morgan fingerprint density at radius 3 is 2.96 bits per heavy atom. The van der Waals surface area contributed by atoms with Crippen LogP contribution in [0.5, 0.6) is 0 Å². The molecule has 0 aliphatic carbocycles. The number of fused-ring (bicyclic) bond motifs is 1. The highest BCUT2D eigenvalue weighted by Crippen LogP contribution is 2.31. The van der Waals surface area contributed by atoms with Crippen LogP contribution in [0.4, 0.5) is 5.13 Å². The zero-order valence-electron chi connectivity index (χ0n) is 14.2. The number of aromatic nitrogens is 3. The number of ether oxygens (including phenoxy) is 1. The Morgan fingerprint density at radius 2 is 2.24 bits per heavy atom. The normalized spacial score (nSPS) is 12.3. The fourth-order valence-corrected chi connectivity index (χ4v) is 3.93. The maximum absolute atomic E-state index is 11.9. The highest BCUT2D eigenvalue weighted by Gasteiger charge is 2.15. The fraction of sp³-hybridized carbons (Fsp3) is 0.353. The molecule has 0 radical (unpaired) electrons. The second kappa shape index (κ2) is 7.69. The van der Waals surface area contributed by atoms with Crippen molar-refractivity contribution in [3.05, 3.63) is 33.9 Å². The summed E-state index contributed by atoms with van der Waals surface area (Å²) >= 11 is 3.85. The zero-order valence-corrected chi connectivity index (χ0v) is 17.2. The van der Waals surface area contributed by atoms with Crippen molar-refractivity contribution in [3.63, 3.8) is 0 Å². The van der Waals surface area contributed by atoms with E-state index in [9.17, 15) is 4.79 Å². The third-order valence-corrected chi connectivity index (χ3v) is 5.53. The number of imidazole rings is 1. The summed E-state index contributed by atoms with van der Waals surface area (Å²) in [6, 6.07) is 2.45. The van der Waals surface area contributed by atoms with Gasteiger partial charge in [0.05, 0.1) is 15.1 Å². The van der Waals surface area contributed by atoms with Crippen LogP contribution in [0.15, 0.2) is 24.7 Å². The Hall–Kier alpha value is -1.68. The number of carbonyl (C=O) groups excluding carboxylic acids is 1. The molecule has 0 spiro atoms. The number of nitrogens with one attached hydrogen (secondary N) is 1. The van der Waals surface area contributed by atoms with Crippen LogP contribution >= 0.6 is 33.9 Å². The molecule has 0 aliphatic heterocycles. The first-order valence-electron chi connectivity index (χ1n) is 8.10. The lowest BCUT2D eigenvalue weighted by atomic mass is 10.2. The molecule has 1 N–H and O–H groups in total. The van der Waals surface area contributed by atoms with Crippen molar-refractivity contribution in [3.8, 4) is 10.4 Å². The van der Waals surface area contributed by atoms with E-state index in [-0.39, 0.29) is 0 Å². The van der Waals surface area contributed by atoms with Gasteiger partial charge in [0.25, 0.3) is 0 Å². The van der Waals surface area contributed by atoms with Gasteiger partial charge in [0.15, 0.2) is 16.5 Å². The molecular weight excluding hydrogens is 451 g/mol. The van der Waals surface area contributed by atoms with Crippen molar-refractivity contribution in [2.24, 2.45) is 0 Å². The van der Waals surface area contributed by atoms with Crippen LogP contribution in [0.3, 0.4) is 0 Å². The van der Waals surface area contributed by atoms with Gasteiger partial charge in [0.1, 0.15) is 0 Å². The Morgan fingerprint density at radius 1 is 1.44 bits per heavy atom. The van der Waals surface area contributed by atoms with Crippen LogP contribution in [0.2, 0.25) is 0 Å². The molecule has 132 valence electrons. The summed E-state index contributed by atoms with van der Waals surface area (Å²) in [7, 11) is 0. The number of esters is 1. The standard InChI is InChI=1S/C17H19IN4O2S/c1-4-10(3)20-17-19-7-14(25-17)11-6-12(18)15-21-13(9-22(15)8-11)16(23)24-5-2/h6-10H,4-5H2,1-3H3,(H,19,20)/t10-/m1/s1. The predicted molar refractivity (Wildman–Crippen MR) is 108 cm³/mol. The Labute approximate surface area is 163 Å². The Balaban J connectivity index is 1.94. The average Bonchev–Trinajstić information content (AvgIpc) is 3.22. The van der Waals surface area contributed by atoms with Crippen molar-refractivity contribution >= 4 is 50.7 Å². The topological polar surface area (TPSA) is 68.5 Å². The number of anilines is 1. The molecule has 6 nitrogen and oxygen atoms in total. The van der Waals surface area contributed by atoms with Crippen molar-refractivity contribution in [1.82, 2.24) is 14.4 Å². The first kappa shape index (κ1) is 18.1. The minimum absolute atomic E-state index is 0.320. The molecule has 0 saturated heterocycles. The molecule has 0 fully saturated rings. The molecule has 0 unspecified atom stereocenters. The largest absolute Gasteiger partial charge is 0.461 e. The van der Waals surface area contributed by atoms with Crippen LogP contribution in [-0.2, 0) is 4.74 Å². The van der Waals surface area contributed by atoms with Gasteiger partial charge in [-0.2, -0.15) is 0 Å². The molecule has 1 atom stereocenters. The van der Waals surface area contributed by atoms with Gasteiger partial charge in [0, 0.05) is 30.2 Å². The van der Waals surface area contributed by atoms with E-state index in [2.05, 4.69) is 57.8 Å². The van der Waals surface area contributed by atoms with E-state index in [0.29, 0.717) is 18.3 Å². The van der Waals surface area contributed by atoms with Crippen molar-refractivity contribution in [2.45, 2.75) is 33.2 Å². The van der Waals surface area contributed by atoms with E-state index < -0.39 is 5.97 Å². The minimum atomic E-state index is -0.402. The van der Waals surface area contributed by atoms with E-state index in [1.54, 1.807) is 24.5 Å². The summed E-state index contributed by atoms with van der Waals surface area (Å²) in [5.41, 5.74) is 2.11. The van der Waals surface area contributed by atoms with Crippen LogP contribution in [-0.4, -0.2) is 33.0 Å². The molecule has 3 aromatic heterocycles. The van der Waals surface area contributed by atoms with Gasteiger partial charge in [-0.3, -0.25) is 0 Å². The smallest absolute Gasteiger partial charge is 0.358 e. The van der Waals surface area contributed by atoms with E-state index in [1.807, 2.05) is 16.8 Å². The van der Waals surface area contributed by atoms with Crippen LogP contribution in [0.25, 0.3) is 16.1 Å². The maximum atomic E-state index is 11.9. The van der Waals surface area contributed by atoms with Crippen molar-refractivity contribution in [1.29, 1.82) is 0 Å². The highest BCUT2D eigenvalue weighted by molar-refractivity contribution is 14.1. The minimum Gasteiger partial charge on any atom is -0.461 e. The number of hydrogen-bond acceptors (Lipinski definition) is 6. The number of hydrogen-bond donors (Lipinski definition) is 1. The van der Waals surface area contributed by atoms with E-state index >= 15 is 0 Å². The van der Waals surface area contributed by atoms with Crippen LogP contribution in [0, 0.1) is 3.57 Å². The third kappa shape index (κ3) is 3.95. The predicted octanol–water partition coefficient (Wildman–Crippen LogP) is 4.45. The van der Waals surface area contributed by atoms with Gasteiger partial charge in [-0.1, -0.05) is 18.3 Å². The lowest BCUT2D eigenvalue weighted by Crippen LogP contribution is -2.12. The Bertz CT molecular complexity index is 905. The molecular formula is C17H19IN4O2S. The van der Waals surface area contributed by atoms with E-state index in [0.717, 1.165) is 31.2 Å². The molecule has 0 saturated carbocycles. The van der Waals surface area contributed by atoms with Gasteiger partial charge in [-0.05, 0) is 48.9 Å². The molecule has 0 amide bonds. The van der Waals surface area contributed by atoms with Crippen LogP contribution < -0.4 is 5.32 Å². The van der Waals surface area contributed by atoms with Gasteiger partial charge < -0.3 is 14.5 Å². The number of thiazole rings is 1. The molecule has 25 heavy (non-hydrogen) atoms. The van der Waals surface area contributed by atoms with E-state index in [1.165, 1.54) is 0 Å². The summed E-state index contributed by atoms with van der Waals surface area (Å²) in [6.07, 6.45) is 6.59. The number of nitrogens with zero attached hydrogens (tertiary/aromatic N) is 3. The lowest BCUT2D eigenvalue weighted by molar-refractivity contribution is 0.0520. The van der Waals surface area contributed by atoms with Gasteiger partial charge >= 0.3 is 5.97 Å². The molecule has 3 heterocycles. The number of pyridine rings is 1. The first-order chi connectivity index (χ1) is 12.0. The third-order valence-electron chi connectivity index (χ3n) is 3.76. The highest BCUT2D eigenvalue weighted by atomic mass is 127.